The van der Waals surface area contributed by atoms with E-state index in [-0.39, 0.29) is 34.4 Å². The first kappa shape index (κ1) is 27.4. The summed E-state index contributed by atoms with van der Waals surface area (Å²) in [4.78, 5) is 15.2. The quantitative estimate of drug-likeness (QED) is 0.154. The molecular formula is C26H24N8O6S. The van der Waals surface area contributed by atoms with Crippen molar-refractivity contribution in [2.45, 2.75) is 31.5 Å². The predicted octanol–water partition coefficient (Wildman–Crippen LogP) is 2.54. The van der Waals surface area contributed by atoms with Gasteiger partial charge in [-0.05, 0) is 53.1 Å². The predicted molar refractivity (Wildman–Crippen MR) is 144 cm³/mol. The van der Waals surface area contributed by atoms with Crippen molar-refractivity contribution < 1.29 is 27.8 Å². The van der Waals surface area contributed by atoms with E-state index in [1.54, 1.807) is 44.2 Å². The monoisotopic (exact) mass is 576 g/mol. The largest absolute Gasteiger partial charge is 0.506 e. The molecule has 0 aliphatic heterocycles. The molecule has 210 valence electrons. The molecule has 0 fully saturated rings. The molecule has 0 spiro atoms. The molecule has 0 saturated heterocycles. The molecule has 5 aromatic rings. The molecule has 2 heterocycles. The molecule has 0 radical (unpaired) electrons. The van der Waals surface area contributed by atoms with Gasteiger partial charge in [0, 0.05) is 18.6 Å². The number of hydrogen-bond donors (Lipinski definition) is 1. The molecule has 14 nitrogen and oxygen atoms in total. The number of phenolic OH excluding ortho intramolecular Hbond substituents is 1. The number of benzene rings is 3. The van der Waals surface area contributed by atoms with Crippen LogP contribution in [0.2, 0.25) is 0 Å². The second-order valence-electron chi connectivity index (χ2n) is 9.06. The fourth-order valence-electron chi connectivity index (χ4n) is 4.04. The maximum atomic E-state index is 12.8. The zero-order valence-electron chi connectivity index (χ0n) is 22.2. The van der Waals surface area contributed by atoms with Crippen LogP contribution >= 0.6 is 0 Å². The van der Waals surface area contributed by atoms with E-state index in [1.807, 2.05) is 6.07 Å². The van der Waals surface area contributed by atoms with Gasteiger partial charge in [-0.3, -0.25) is 0 Å². The number of carbonyl (C=O) groups excluding carboxylic acids is 1. The number of carbonyl (C=O) groups is 1. The summed E-state index contributed by atoms with van der Waals surface area (Å²) >= 11 is 0. The van der Waals surface area contributed by atoms with Gasteiger partial charge in [0.25, 0.3) is 0 Å². The first-order valence-electron chi connectivity index (χ1n) is 12.2. The van der Waals surface area contributed by atoms with Crippen LogP contribution in [0, 0.1) is 0 Å². The Hall–Kier alpha value is -5.18. The van der Waals surface area contributed by atoms with E-state index in [0.29, 0.717) is 27.8 Å². The number of phenols is 1. The number of allylic oxidation sites excluding steroid dienone is 1. The lowest BCUT2D eigenvalue weighted by atomic mass is 10.0. The highest BCUT2D eigenvalue weighted by molar-refractivity contribution is 7.90. The molecule has 0 bridgehead atoms. The average Bonchev–Trinajstić information content (AvgIpc) is 3.57. The van der Waals surface area contributed by atoms with E-state index in [0.717, 1.165) is 11.1 Å². The van der Waals surface area contributed by atoms with E-state index in [4.69, 9.17) is 9.47 Å². The van der Waals surface area contributed by atoms with Gasteiger partial charge < -0.3 is 14.6 Å². The van der Waals surface area contributed by atoms with Gasteiger partial charge in [-0.15, -0.1) is 30.0 Å². The molecule has 3 aromatic carbocycles. The third-order valence-corrected chi connectivity index (χ3v) is 6.90. The first-order valence-corrected chi connectivity index (χ1v) is 14.1. The van der Waals surface area contributed by atoms with Crippen molar-refractivity contribution in [1.29, 1.82) is 0 Å². The lowest BCUT2D eigenvalue weighted by molar-refractivity contribution is -0.0694. The molecule has 1 N–H and O–H groups in total. The molecule has 0 amide bonds. The minimum atomic E-state index is -3.51. The lowest BCUT2D eigenvalue weighted by Gasteiger charge is -2.16. The number of rotatable bonds is 9. The molecule has 0 saturated carbocycles. The van der Waals surface area contributed by atoms with Gasteiger partial charge in [-0.1, -0.05) is 30.8 Å². The Kier molecular flexibility index (Phi) is 7.19. The maximum Gasteiger partial charge on any atom is 0.341 e. The van der Waals surface area contributed by atoms with E-state index in [9.17, 15) is 18.3 Å². The summed E-state index contributed by atoms with van der Waals surface area (Å²) in [6, 6.07) is 14.3. The fourth-order valence-corrected chi connectivity index (χ4v) is 4.68. The van der Waals surface area contributed by atoms with Gasteiger partial charge in [-0.2, -0.15) is 0 Å². The second kappa shape index (κ2) is 10.8. The Morgan fingerprint density at radius 1 is 0.951 bits per heavy atom. The molecule has 2 aromatic heterocycles. The second-order valence-corrected chi connectivity index (χ2v) is 11.1. The van der Waals surface area contributed by atoms with Crippen LogP contribution in [0.5, 0.6) is 5.75 Å². The van der Waals surface area contributed by atoms with Gasteiger partial charge in [-0.25, -0.2) is 13.2 Å². The normalized spacial score (nSPS) is 12.3. The molecule has 1 atom stereocenters. The van der Waals surface area contributed by atoms with E-state index >= 15 is 0 Å². The third kappa shape index (κ3) is 5.89. The zero-order valence-corrected chi connectivity index (χ0v) is 23.0. The highest BCUT2D eigenvalue weighted by Crippen LogP contribution is 2.26. The molecule has 15 heteroatoms. The Labute approximate surface area is 233 Å². The van der Waals surface area contributed by atoms with Crippen LogP contribution in [-0.2, 0) is 25.7 Å². The Balaban J connectivity index is 1.39. The van der Waals surface area contributed by atoms with Crippen molar-refractivity contribution in [3.8, 4) is 17.1 Å². The Morgan fingerprint density at radius 2 is 1.59 bits per heavy atom. The van der Waals surface area contributed by atoms with Crippen LogP contribution in [-0.4, -0.2) is 72.5 Å². The molecule has 0 aliphatic carbocycles. The van der Waals surface area contributed by atoms with Gasteiger partial charge in [0.2, 0.25) is 6.29 Å². The van der Waals surface area contributed by atoms with Crippen LogP contribution in [0.15, 0.2) is 71.8 Å². The van der Waals surface area contributed by atoms with Crippen molar-refractivity contribution in [3.63, 3.8) is 0 Å². The van der Waals surface area contributed by atoms with Crippen molar-refractivity contribution in [3.05, 3.63) is 84.1 Å². The van der Waals surface area contributed by atoms with Crippen LogP contribution in [0.3, 0.4) is 0 Å². The van der Waals surface area contributed by atoms with Gasteiger partial charge in [0.05, 0.1) is 28.3 Å². The maximum absolute atomic E-state index is 12.8. The number of ether oxygens (including phenoxy) is 2. The van der Waals surface area contributed by atoms with Crippen LogP contribution in [0.25, 0.3) is 22.1 Å². The highest BCUT2D eigenvalue weighted by atomic mass is 32.2. The lowest BCUT2D eigenvalue weighted by Crippen LogP contribution is -2.17. The minimum Gasteiger partial charge on any atom is -0.506 e. The SMILES string of the molecule is C=C(C)OC(C)OC(=O)c1cccc2c(-n3nnc(Cc4nnn(-c5cc(S(C)(=O)=O)ccc5O)n4)n3)cccc12. The number of nitrogens with zero attached hydrogens (tertiary/aromatic N) is 8. The minimum absolute atomic E-state index is 0.00465. The standard InChI is InChI=1S/C26H24N8O6S/c1-15(2)39-16(3)40-26(36)20-9-5-8-19-18(20)7-6-10-21(19)33-29-24(27-31-33)14-25-28-32-34(30-25)22-13-17(41(4,37)38)11-12-23(22)35/h5-13,16,35H,1,14H2,2-4H3. The molecule has 1 unspecified atom stereocenters. The van der Waals surface area contributed by atoms with E-state index < -0.39 is 22.1 Å². The summed E-state index contributed by atoms with van der Waals surface area (Å²) in [5.41, 5.74) is 0.959. The van der Waals surface area contributed by atoms with Gasteiger partial charge in [0.1, 0.15) is 11.4 Å². The smallest absolute Gasteiger partial charge is 0.341 e. The summed E-state index contributed by atoms with van der Waals surface area (Å²) < 4.78 is 34.5. The number of aromatic nitrogens is 8. The number of tetrazole rings is 2. The zero-order chi connectivity index (χ0) is 29.3. The molecular weight excluding hydrogens is 552 g/mol. The van der Waals surface area contributed by atoms with Crippen molar-refractivity contribution in [2.75, 3.05) is 6.26 Å². The third-order valence-electron chi connectivity index (χ3n) is 5.79. The first-order chi connectivity index (χ1) is 19.5. The summed E-state index contributed by atoms with van der Waals surface area (Å²) in [6.07, 6.45) is 0.300. The van der Waals surface area contributed by atoms with Crippen LogP contribution in [0.1, 0.15) is 35.9 Å². The number of hydrogen-bond acceptors (Lipinski definition) is 12. The highest BCUT2D eigenvalue weighted by Gasteiger charge is 2.19. The van der Waals surface area contributed by atoms with E-state index in [1.165, 1.54) is 23.0 Å². The summed E-state index contributed by atoms with van der Waals surface area (Å²) in [6.45, 7) is 6.92. The van der Waals surface area contributed by atoms with Gasteiger partial charge >= 0.3 is 5.97 Å². The number of fused-ring (bicyclic) bond motifs is 1. The van der Waals surface area contributed by atoms with E-state index in [2.05, 4.69) is 37.4 Å². The Bertz CT molecular complexity index is 1900. The molecule has 5 rings (SSSR count). The number of esters is 1. The van der Waals surface area contributed by atoms with Gasteiger partial charge in [0.15, 0.2) is 21.5 Å². The summed E-state index contributed by atoms with van der Waals surface area (Å²) in [5.74, 6) is 0.133. The van der Waals surface area contributed by atoms with Crippen molar-refractivity contribution in [1.82, 2.24) is 40.4 Å². The number of aromatic hydroxyl groups is 1. The summed E-state index contributed by atoms with van der Waals surface area (Å²) in [5, 5.41) is 36.3. The average molecular weight is 577 g/mol. The Morgan fingerprint density at radius 3 is 2.24 bits per heavy atom. The number of sulfone groups is 1. The summed E-state index contributed by atoms with van der Waals surface area (Å²) in [7, 11) is -3.51. The topological polar surface area (TPSA) is 177 Å². The van der Waals surface area contributed by atoms with Crippen LogP contribution < -0.4 is 0 Å². The van der Waals surface area contributed by atoms with Crippen molar-refractivity contribution in [2.24, 2.45) is 0 Å². The van der Waals surface area contributed by atoms with Crippen LogP contribution in [0.4, 0.5) is 0 Å². The van der Waals surface area contributed by atoms with Crippen molar-refractivity contribution >= 4 is 26.6 Å². The molecule has 0 aliphatic rings. The fraction of sp³-hybridized carbons (Fsp3) is 0.192. The molecule has 41 heavy (non-hydrogen) atoms.